The topological polar surface area (TPSA) is 46.1 Å². The molecule has 19 heavy (non-hydrogen) atoms. The summed E-state index contributed by atoms with van der Waals surface area (Å²) in [4.78, 5) is 2.40. The van der Waals surface area contributed by atoms with Gasteiger partial charge in [-0.25, -0.2) is 5.10 Å². The molecule has 1 aromatic rings. The Morgan fingerprint density at radius 1 is 1.37 bits per heavy atom. The van der Waals surface area contributed by atoms with Gasteiger partial charge >= 0.3 is 0 Å². The van der Waals surface area contributed by atoms with Gasteiger partial charge in [0, 0.05) is 12.6 Å². The van der Waals surface area contributed by atoms with Gasteiger partial charge in [-0.3, -0.25) is 4.57 Å². The largest absolute Gasteiger partial charge is 0.374 e. The number of aromatic amines is 1. The SMILES string of the molecule is CC(C)n1c(N2CCOC3CCCCC32)n[nH]c1=S. The monoisotopic (exact) mass is 282 g/mol. The van der Waals surface area contributed by atoms with Crippen LogP contribution in [0.3, 0.4) is 0 Å². The number of hydrogen-bond acceptors (Lipinski definition) is 4. The van der Waals surface area contributed by atoms with Crippen LogP contribution in [0.15, 0.2) is 0 Å². The smallest absolute Gasteiger partial charge is 0.226 e. The van der Waals surface area contributed by atoms with E-state index in [0.717, 1.165) is 19.1 Å². The predicted octanol–water partition coefficient (Wildman–Crippen LogP) is 2.67. The van der Waals surface area contributed by atoms with Crippen LogP contribution in [0.1, 0.15) is 45.6 Å². The number of ether oxygens (including phenoxy) is 1. The first-order valence-corrected chi connectivity index (χ1v) is 7.64. The summed E-state index contributed by atoms with van der Waals surface area (Å²) in [7, 11) is 0. The molecule has 2 atom stereocenters. The van der Waals surface area contributed by atoms with Gasteiger partial charge < -0.3 is 9.64 Å². The number of anilines is 1. The van der Waals surface area contributed by atoms with Crippen LogP contribution in [0.4, 0.5) is 5.95 Å². The van der Waals surface area contributed by atoms with Crippen molar-refractivity contribution in [3.63, 3.8) is 0 Å². The molecular weight excluding hydrogens is 260 g/mol. The Balaban J connectivity index is 1.94. The first-order chi connectivity index (χ1) is 9.18. The summed E-state index contributed by atoms with van der Waals surface area (Å²) in [6.45, 7) is 5.99. The van der Waals surface area contributed by atoms with E-state index in [9.17, 15) is 0 Å². The summed E-state index contributed by atoms with van der Waals surface area (Å²) in [5.41, 5.74) is 0. The van der Waals surface area contributed by atoms with E-state index < -0.39 is 0 Å². The summed E-state index contributed by atoms with van der Waals surface area (Å²) < 4.78 is 8.76. The second-order valence-electron chi connectivity index (χ2n) is 5.75. The van der Waals surface area contributed by atoms with Crippen molar-refractivity contribution >= 4 is 18.2 Å². The third-order valence-electron chi connectivity index (χ3n) is 4.19. The van der Waals surface area contributed by atoms with Gasteiger partial charge in [-0.1, -0.05) is 12.8 Å². The maximum absolute atomic E-state index is 5.93. The van der Waals surface area contributed by atoms with Gasteiger partial charge in [0.2, 0.25) is 5.95 Å². The van der Waals surface area contributed by atoms with Crippen molar-refractivity contribution in [3.8, 4) is 0 Å². The van der Waals surface area contributed by atoms with Crippen LogP contribution in [0.5, 0.6) is 0 Å². The summed E-state index contributed by atoms with van der Waals surface area (Å²) in [5, 5.41) is 7.41. The molecule has 6 heteroatoms. The molecule has 1 aliphatic heterocycles. The van der Waals surface area contributed by atoms with Gasteiger partial charge in [0.15, 0.2) is 4.77 Å². The van der Waals surface area contributed by atoms with Gasteiger partial charge in [-0.05, 0) is 38.9 Å². The van der Waals surface area contributed by atoms with Gasteiger partial charge in [0.05, 0.1) is 18.8 Å². The van der Waals surface area contributed by atoms with Gasteiger partial charge in [0.25, 0.3) is 0 Å². The highest BCUT2D eigenvalue weighted by molar-refractivity contribution is 7.71. The number of fused-ring (bicyclic) bond motifs is 1. The molecule has 106 valence electrons. The fourth-order valence-electron chi connectivity index (χ4n) is 3.31. The summed E-state index contributed by atoms with van der Waals surface area (Å²) >= 11 is 5.35. The second-order valence-corrected chi connectivity index (χ2v) is 6.13. The normalized spacial score (nSPS) is 27.6. The van der Waals surface area contributed by atoms with Gasteiger partial charge in [-0.2, -0.15) is 0 Å². The summed E-state index contributed by atoms with van der Waals surface area (Å²) in [5.74, 6) is 0.986. The van der Waals surface area contributed by atoms with Crippen molar-refractivity contribution in [2.24, 2.45) is 0 Å². The average Bonchev–Trinajstić information content (AvgIpc) is 2.80. The van der Waals surface area contributed by atoms with Crippen LogP contribution >= 0.6 is 12.2 Å². The lowest BCUT2D eigenvalue weighted by Crippen LogP contribution is -2.53. The number of nitrogens with zero attached hydrogens (tertiary/aromatic N) is 3. The predicted molar refractivity (Wildman–Crippen MR) is 77.1 cm³/mol. The van der Waals surface area contributed by atoms with E-state index in [1.165, 1.54) is 25.7 Å². The van der Waals surface area contributed by atoms with Crippen LogP contribution in [0.2, 0.25) is 0 Å². The number of aromatic nitrogens is 3. The molecule has 0 spiro atoms. The molecule has 3 rings (SSSR count). The zero-order valence-corrected chi connectivity index (χ0v) is 12.4. The third-order valence-corrected chi connectivity index (χ3v) is 4.48. The molecule has 5 nitrogen and oxygen atoms in total. The van der Waals surface area contributed by atoms with Crippen LogP contribution in [-0.4, -0.2) is 40.1 Å². The maximum atomic E-state index is 5.93. The van der Waals surface area contributed by atoms with Crippen LogP contribution in [0.25, 0.3) is 0 Å². The van der Waals surface area contributed by atoms with Crippen molar-refractivity contribution in [3.05, 3.63) is 4.77 Å². The van der Waals surface area contributed by atoms with Gasteiger partial charge in [-0.15, -0.1) is 5.10 Å². The number of rotatable bonds is 2. The Labute approximate surface area is 118 Å². The highest BCUT2D eigenvalue weighted by Gasteiger charge is 2.36. The number of nitrogens with one attached hydrogen (secondary N) is 1. The molecule has 2 fully saturated rings. The van der Waals surface area contributed by atoms with Gasteiger partial charge in [0.1, 0.15) is 0 Å². The highest BCUT2D eigenvalue weighted by Crippen LogP contribution is 2.32. The zero-order valence-electron chi connectivity index (χ0n) is 11.6. The molecule has 1 saturated carbocycles. The molecule has 0 bridgehead atoms. The molecular formula is C13H22N4OS. The quantitative estimate of drug-likeness (QED) is 0.847. The van der Waals surface area contributed by atoms with E-state index in [4.69, 9.17) is 17.0 Å². The molecule has 0 radical (unpaired) electrons. The third kappa shape index (κ3) is 2.31. The molecule has 2 aliphatic rings. The van der Waals surface area contributed by atoms with Crippen molar-refractivity contribution in [1.29, 1.82) is 0 Å². The lowest BCUT2D eigenvalue weighted by molar-refractivity contribution is -0.00964. The Morgan fingerprint density at radius 3 is 2.95 bits per heavy atom. The van der Waals surface area contributed by atoms with E-state index in [1.54, 1.807) is 0 Å². The van der Waals surface area contributed by atoms with E-state index in [2.05, 4.69) is 33.5 Å². The van der Waals surface area contributed by atoms with E-state index in [1.807, 2.05) is 0 Å². The standard InChI is InChI=1S/C13H22N4OS/c1-9(2)17-12(14-15-13(17)19)16-7-8-18-11-6-4-3-5-10(11)16/h9-11H,3-8H2,1-2H3,(H,15,19). The summed E-state index contributed by atoms with van der Waals surface area (Å²) in [6, 6.07) is 0.788. The Morgan fingerprint density at radius 2 is 2.16 bits per heavy atom. The Bertz CT molecular complexity index is 493. The molecule has 2 heterocycles. The molecule has 2 unspecified atom stereocenters. The zero-order chi connectivity index (χ0) is 13.4. The molecule has 0 amide bonds. The van der Waals surface area contributed by atoms with Crippen molar-refractivity contribution in [1.82, 2.24) is 14.8 Å². The second kappa shape index (κ2) is 5.25. The maximum Gasteiger partial charge on any atom is 0.226 e. The minimum atomic E-state index is 0.325. The summed E-state index contributed by atoms with van der Waals surface area (Å²) in [6.07, 6.45) is 5.31. The molecule has 1 aromatic heterocycles. The van der Waals surface area contributed by atoms with E-state index in [-0.39, 0.29) is 0 Å². The first-order valence-electron chi connectivity index (χ1n) is 7.23. The molecule has 0 aromatic carbocycles. The fraction of sp³-hybridized carbons (Fsp3) is 0.846. The molecule has 1 saturated heterocycles. The van der Waals surface area contributed by atoms with Crippen LogP contribution < -0.4 is 4.90 Å². The van der Waals surface area contributed by atoms with Crippen molar-refractivity contribution in [2.45, 2.75) is 57.7 Å². The number of H-pyrrole nitrogens is 1. The lowest BCUT2D eigenvalue weighted by atomic mass is 9.90. The van der Waals surface area contributed by atoms with Crippen molar-refractivity contribution in [2.75, 3.05) is 18.1 Å². The average molecular weight is 282 g/mol. The fourth-order valence-corrected chi connectivity index (χ4v) is 3.65. The minimum Gasteiger partial charge on any atom is -0.374 e. The minimum absolute atomic E-state index is 0.325. The Kier molecular flexibility index (Phi) is 3.62. The van der Waals surface area contributed by atoms with Crippen LogP contribution in [0, 0.1) is 4.77 Å². The number of hydrogen-bond donors (Lipinski definition) is 1. The molecule has 1 N–H and O–H groups in total. The lowest BCUT2D eigenvalue weighted by Gasteiger charge is -2.44. The Hall–Kier alpha value is -0.880. The first kappa shape index (κ1) is 13.1. The van der Waals surface area contributed by atoms with E-state index >= 15 is 0 Å². The van der Waals surface area contributed by atoms with Crippen LogP contribution in [-0.2, 0) is 4.74 Å². The van der Waals surface area contributed by atoms with Crippen molar-refractivity contribution < 1.29 is 4.74 Å². The highest BCUT2D eigenvalue weighted by atomic mass is 32.1. The van der Waals surface area contributed by atoms with E-state index in [0.29, 0.717) is 23.0 Å². The molecule has 1 aliphatic carbocycles. The number of morpholine rings is 1.